The minimum atomic E-state index is -0.654. The zero-order valence-corrected chi connectivity index (χ0v) is 16.0. The Kier molecular flexibility index (Phi) is 6.27. The monoisotopic (exact) mass is 393 g/mol. The smallest absolute Gasteiger partial charge is 0.329 e. The van der Waals surface area contributed by atoms with E-state index in [9.17, 15) is 9.59 Å². The van der Waals surface area contributed by atoms with Crippen LogP contribution in [0.25, 0.3) is 0 Å². The number of ether oxygens (including phenoxy) is 1. The SMILES string of the molecule is CCCCOC(=O)C1CSC(c2cccc(Cl)c2)N1C(=O)c1ccco1. The number of rotatable bonds is 6. The molecule has 3 rings (SSSR count). The third-order valence-electron chi connectivity index (χ3n) is 4.11. The van der Waals surface area contributed by atoms with E-state index in [1.165, 1.54) is 18.0 Å². The lowest BCUT2D eigenvalue weighted by Crippen LogP contribution is -2.43. The molecular weight excluding hydrogens is 374 g/mol. The van der Waals surface area contributed by atoms with E-state index < -0.39 is 6.04 Å². The first-order valence-corrected chi connectivity index (χ1v) is 9.94. The second kappa shape index (κ2) is 8.64. The Morgan fingerprint density at radius 2 is 2.19 bits per heavy atom. The zero-order valence-electron chi connectivity index (χ0n) is 14.4. The summed E-state index contributed by atoms with van der Waals surface area (Å²) in [6.07, 6.45) is 3.18. The van der Waals surface area contributed by atoms with Crippen molar-refractivity contribution in [3.8, 4) is 0 Å². The quantitative estimate of drug-likeness (QED) is 0.533. The first-order valence-electron chi connectivity index (χ1n) is 8.51. The van der Waals surface area contributed by atoms with Crippen LogP contribution in [0.1, 0.15) is 41.3 Å². The number of esters is 1. The van der Waals surface area contributed by atoms with Gasteiger partial charge in [-0.3, -0.25) is 4.79 Å². The van der Waals surface area contributed by atoms with Gasteiger partial charge < -0.3 is 14.1 Å². The van der Waals surface area contributed by atoms with Crippen LogP contribution in [0.4, 0.5) is 0 Å². The van der Waals surface area contributed by atoms with E-state index in [1.54, 1.807) is 23.1 Å². The summed E-state index contributed by atoms with van der Waals surface area (Å²) in [5.41, 5.74) is 0.867. The minimum absolute atomic E-state index is 0.200. The summed E-state index contributed by atoms with van der Waals surface area (Å²) >= 11 is 7.63. The third kappa shape index (κ3) is 4.07. The summed E-state index contributed by atoms with van der Waals surface area (Å²) in [7, 11) is 0. The molecule has 0 radical (unpaired) electrons. The maximum Gasteiger partial charge on any atom is 0.329 e. The van der Waals surface area contributed by atoms with Crippen molar-refractivity contribution in [3.05, 3.63) is 59.0 Å². The number of hydrogen-bond donors (Lipinski definition) is 0. The summed E-state index contributed by atoms with van der Waals surface area (Å²) in [6, 6.07) is 9.92. The number of thioether (sulfide) groups is 1. The van der Waals surface area contributed by atoms with Crippen LogP contribution >= 0.6 is 23.4 Å². The molecule has 26 heavy (non-hydrogen) atoms. The molecule has 5 nitrogen and oxygen atoms in total. The van der Waals surface area contributed by atoms with Gasteiger partial charge in [0.15, 0.2) is 5.76 Å². The van der Waals surface area contributed by atoms with E-state index in [-0.39, 0.29) is 23.0 Å². The predicted octanol–water partition coefficient (Wildman–Crippen LogP) is 4.53. The van der Waals surface area contributed by atoms with Crippen molar-refractivity contribution < 1.29 is 18.7 Å². The van der Waals surface area contributed by atoms with Crippen molar-refractivity contribution in [1.29, 1.82) is 0 Å². The van der Waals surface area contributed by atoms with Gasteiger partial charge in [0.1, 0.15) is 11.4 Å². The molecule has 1 amide bonds. The number of amides is 1. The zero-order chi connectivity index (χ0) is 18.5. The van der Waals surface area contributed by atoms with Crippen molar-refractivity contribution in [2.24, 2.45) is 0 Å². The average Bonchev–Trinajstić information content (AvgIpc) is 3.31. The summed E-state index contributed by atoms with van der Waals surface area (Å²) < 4.78 is 10.6. The van der Waals surface area contributed by atoms with Crippen molar-refractivity contribution in [2.45, 2.75) is 31.2 Å². The van der Waals surface area contributed by atoms with E-state index in [0.717, 1.165) is 18.4 Å². The van der Waals surface area contributed by atoms with Crippen LogP contribution in [0, 0.1) is 0 Å². The minimum Gasteiger partial charge on any atom is -0.464 e. The molecule has 1 aliphatic heterocycles. The number of hydrogen-bond acceptors (Lipinski definition) is 5. The van der Waals surface area contributed by atoms with Crippen LogP contribution in [0.2, 0.25) is 5.02 Å². The Balaban J connectivity index is 1.87. The number of carbonyl (C=O) groups excluding carboxylic acids is 2. The highest BCUT2D eigenvalue weighted by molar-refractivity contribution is 7.99. The topological polar surface area (TPSA) is 59.8 Å². The van der Waals surface area contributed by atoms with E-state index in [0.29, 0.717) is 17.4 Å². The molecule has 1 aliphatic rings. The molecule has 1 saturated heterocycles. The maximum absolute atomic E-state index is 13.0. The second-order valence-electron chi connectivity index (χ2n) is 5.97. The molecule has 2 aromatic rings. The average molecular weight is 394 g/mol. The van der Waals surface area contributed by atoms with Gasteiger partial charge in [-0.25, -0.2) is 4.79 Å². The Hall–Kier alpha value is -1.92. The highest BCUT2D eigenvalue weighted by Crippen LogP contribution is 2.43. The number of furan rings is 1. The molecule has 0 N–H and O–H groups in total. The third-order valence-corrected chi connectivity index (χ3v) is 5.67. The molecule has 1 aromatic carbocycles. The second-order valence-corrected chi connectivity index (χ2v) is 7.52. The molecule has 0 bridgehead atoms. The molecular formula is C19H20ClNO4S. The van der Waals surface area contributed by atoms with Gasteiger partial charge in [0.05, 0.1) is 12.9 Å². The Morgan fingerprint density at radius 3 is 2.88 bits per heavy atom. The molecule has 7 heteroatoms. The van der Waals surface area contributed by atoms with Gasteiger partial charge in [0.25, 0.3) is 5.91 Å². The van der Waals surface area contributed by atoms with E-state index >= 15 is 0 Å². The van der Waals surface area contributed by atoms with Crippen LogP contribution in [0.3, 0.4) is 0 Å². The largest absolute Gasteiger partial charge is 0.464 e. The molecule has 0 spiro atoms. The first kappa shape index (κ1) is 18.9. The van der Waals surface area contributed by atoms with Gasteiger partial charge >= 0.3 is 5.97 Å². The fourth-order valence-electron chi connectivity index (χ4n) is 2.79. The first-order chi connectivity index (χ1) is 12.6. The molecule has 1 fully saturated rings. The highest BCUT2D eigenvalue weighted by atomic mass is 35.5. The number of benzene rings is 1. The standard InChI is InChI=1S/C19H20ClNO4S/c1-2-3-9-25-19(23)15-12-26-18(13-6-4-7-14(20)11-13)21(15)17(22)16-8-5-10-24-16/h4-8,10-11,15,18H,2-3,9,12H2,1H3. The van der Waals surface area contributed by atoms with Crippen LogP contribution < -0.4 is 0 Å². The predicted molar refractivity (Wildman–Crippen MR) is 101 cm³/mol. The highest BCUT2D eigenvalue weighted by Gasteiger charge is 2.44. The van der Waals surface area contributed by atoms with Gasteiger partial charge in [-0.1, -0.05) is 37.1 Å². The molecule has 138 valence electrons. The Morgan fingerprint density at radius 1 is 1.35 bits per heavy atom. The van der Waals surface area contributed by atoms with Crippen LogP contribution in [0.15, 0.2) is 47.1 Å². The molecule has 2 heterocycles. The van der Waals surface area contributed by atoms with Gasteiger partial charge in [-0.2, -0.15) is 0 Å². The maximum atomic E-state index is 13.0. The molecule has 2 atom stereocenters. The summed E-state index contributed by atoms with van der Waals surface area (Å²) in [5.74, 6) is -0.0436. The van der Waals surface area contributed by atoms with E-state index in [2.05, 4.69) is 0 Å². The molecule has 2 unspecified atom stereocenters. The number of nitrogens with zero attached hydrogens (tertiary/aromatic N) is 1. The molecule has 0 saturated carbocycles. The fourth-order valence-corrected chi connectivity index (χ4v) is 4.40. The van der Waals surface area contributed by atoms with Crippen molar-refractivity contribution in [2.75, 3.05) is 12.4 Å². The van der Waals surface area contributed by atoms with Gasteiger partial charge in [-0.05, 0) is 36.2 Å². The fraction of sp³-hybridized carbons (Fsp3) is 0.368. The molecule has 0 aliphatic carbocycles. The summed E-state index contributed by atoms with van der Waals surface area (Å²) in [5, 5.41) is 0.262. The number of carbonyl (C=O) groups is 2. The lowest BCUT2D eigenvalue weighted by atomic mass is 10.1. The Labute approximate surface area is 161 Å². The van der Waals surface area contributed by atoms with Gasteiger partial charge in [-0.15, -0.1) is 11.8 Å². The van der Waals surface area contributed by atoms with E-state index in [4.69, 9.17) is 20.8 Å². The number of unbranched alkanes of at least 4 members (excludes halogenated alkanes) is 1. The van der Waals surface area contributed by atoms with Crippen LogP contribution in [0.5, 0.6) is 0 Å². The normalized spacial score (nSPS) is 19.5. The Bertz CT molecular complexity index is 765. The summed E-state index contributed by atoms with van der Waals surface area (Å²) in [4.78, 5) is 27.1. The van der Waals surface area contributed by atoms with Crippen molar-refractivity contribution in [3.63, 3.8) is 0 Å². The van der Waals surface area contributed by atoms with Crippen LogP contribution in [-0.2, 0) is 9.53 Å². The lowest BCUT2D eigenvalue weighted by Gasteiger charge is -2.27. The number of halogens is 1. The van der Waals surface area contributed by atoms with Gasteiger partial charge in [0, 0.05) is 10.8 Å². The summed E-state index contributed by atoms with van der Waals surface area (Å²) in [6.45, 7) is 2.39. The van der Waals surface area contributed by atoms with Crippen molar-refractivity contribution >= 4 is 35.2 Å². The molecule has 1 aromatic heterocycles. The van der Waals surface area contributed by atoms with E-state index in [1.807, 2.05) is 25.1 Å². The van der Waals surface area contributed by atoms with Crippen molar-refractivity contribution in [1.82, 2.24) is 4.90 Å². The van der Waals surface area contributed by atoms with Gasteiger partial charge in [0.2, 0.25) is 0 Å². The van der Waals surface area contributed by atoms with Crippen LogP contribution in [-0.4, -0.2) is 35.2 Å². The lowest BCUT2D eigenvalue weighted by molar-refractivity contribution is -0.148.